The average Bonchev–Trinajstić information content (AvgIpc) is 2.64. The molecule has 0 aliphatic carbocycles. The van der Waals surface area contributed by atoms with Crippen LogP contribution in [-0.4, -0.2) is 32.1 Å². The third-order valence-corrected chi connectivity index (χ3v) is 3.34. The minimum absolute atomic E-state index is 0.0554. The van der Waals surface area contributed by atoms with Crippen LogP contribution >= 0.6 is 0 Å². The van der Waals surface area contributed by atoms with Crippen LogP contribution in [-0.2, 0) is 4.79 Å². The topological polar surface area (TPSA) is 84.9 Å². The summed E-state index contributed by atoms with van der Waals surface area (Å²) < 4.78 is 39.3. The Hall–Kier alpha value is -3.42. The fourth-order valence-electron chi connectivity index (χ4n) is 2.16. The lowest BCUT2D eigenvalue weighted by Crippen LogP contribution is -2.29. The van der Waals surface area contributed by atoms with Gasteiger partial charge in [-0.2, -0.15) is 8.78 Å². The zero-order valence-corrected chi connectivity index (χ0v) is 14.2. The first kappa shape index (κ1) is 19.9. The van der Waals surface area contributed by atoms with Gasteiger partial charge in [0.25, 0.3) is 0 Å². The number of para-hydroxylation sites is 1. The molecule has 0 spiro atoms. The number of alkyl halides is 2. The van der Waals surface area contributed by atoms with Crippen LogP contribution in [0.15, 0.2) is 48.5 Å². The van der Waals surface area contributed by atoms with Crippen molar-refractivity contribution in [1.29, 1.82) is 0 Å². The molecule has 0 fully saturated rings. The SMILES string of the molecule is COc1cc(C(=O)/C=C/c2ccccc2OC(F)F)ccc1OCC(=O)[O-]. The van der Waals surface area contributed by atoms with Crippen LogP contribution in [0.4, 0.5) is 8.78 Å². The second-order valence-corrected chi connectivity index (χ2v) is 5.14. The zero-order chi connectivity index (χ0) is 19.8. The highest BCUT2D eigenvalue weighted by molar-refractivity contribution is 6.07. The van der Waals surface area contributed by atoms with Gasteiger partial charge in [0.05, 0.1) is 13.1 Å². The van der Waals surface area contributed by atoms with E-state index in [0.29, 0.717) is 5.56 Å². The molecule has 0 atom stereocenters. The molecule has 2 rings (SSSR count). The van der Waals surface area contributed by atoms with E-state index in [1.807, 2.05) is 0 Å². The Bertz CT molecular complexity index is 848. The predicted molar refractivity (Wildman–Crippen MR) is 89.9 cm³/mol. The number of ether oxygens (including phenoxy) is 3. The van der Waals surface area contributed by atoms with Gasteiger partial charge in [-0.25, -0.2) is 0 Å². The van der Waals surface area contributed by atoms with E-state index in [1.54, 1.807) is 6.07 Å². The second-order valence-electron chi connectivity index (χ2n) is 5.14. The number of carbonyl (C=O) groups is 2. The standard InChI is InChI=1S/C19H16F2O6/c1-25-17-10-13(7-9-16(17)26-11-18(23)24)14(22)8-6-12-4-2-3-5-15(12)27-19(20)21/h2-10,19H,11H2,1H3,(H,23,24)/p-1/b8-6+. The number of hydrogen-bond acceptors (Lipinski definition) is 6. The van der Waals surface area contributed by atoms with Crippen LogP contribution in [0.3, 0.4) is 0 Å². The fraction of sp³-hybridized carbons (Fsp3) is 0.158. The molecule has 0 N–H and O–H groups in total. The van der Waals surface area contributed by atoms with Crippen molar-refractivity contribution in [2.45, 2.75) is 6.61 Å². The van der Waals surface area contributed by atoms with Gasteiger partial charge in [0, 0.05) is 11.1 Å². The first-order valence-electron chi connectivity index (χ1n) is 7.67. The molecule has 0 saturated carbocycles. The van der Waals surface area contributed by atoms with E-state index in [4.69, 9.17) is 9.47 Å². The molecule has 0 amide bonds. The summed E-state index contributed by atoms with van der Waals surface area (Å²) in [6.45, 7) is -3.64. The van der Waals surface area contributed by atoms with Crippen LogP contribution in [0.25, 0.3) is 6.08 Å². The van der Waals surface area contributed by atoms with Gasteiger partial charge in [0.2, 0.25) is 0 Å². The number of carbonyl (C=O) groups excluding carboxylic acids is 2. The highest BCUT2D eigenvalue weighted by Crippen LogP contribution is 2.28. The minimum atomic E-state index is -2.98. The van der Waals surface area contributed by atoms with E-state index in [0.717, 1.165) is 0 Å². The quantitative estimate of drug-likeness (QED) is 0.493. The largest absolute Gasteiger partial charge is 0.546 e. The van der Waals surface area contributed by atoms with Gasteiger partial charge in [-0.05, 0) is 36.4 Å². The Morgan fingerprint density at radius 1 is 1.11 bits per heavy atom. The van der Waals surface area contributed by atoms with Gasteiger partial charge >= 0.3 is 6.61 Å². The summed E-state index contributed by atoms with van der Waals surface area (Å²) >= 11 is 0. The molecule has 0 bridgehead atoms. The van der Waals surface area contributed by atoms with E-state index in [1.165, 1.54) is 55.7 Å². The molecule has 0 radical (unpaired) electrons. The molecule has 0 aromatic heterocycles. The van der Waals surface area contributed by atoms with Gasteiger partial charge in [0.1, 0.15) is 12.4 Å². The molecule has 0 heterocycles. The van der Waals surface area contributed by atoms with Crippen LogP contribution in [0.5, 0.6) is 17.2 Å². The van der Waals surface area contributed by atoms with E-state index in [-0.39, 0.29) is 22.8 Å². The second kappa shape index (κ2) is 9.33. The normalized spacial score (nSPS) is 10.8. The Balaban J connectivity index is 2.18. The highest BCUT2D eigenvalue weighted by Gasteiger charge is 2.11. The molecular formula is C19H15F2O6-. The zero-order valence-electron chi connectivity index (χ0n) is 14.2. The Kier molecular flexibility index (Phi) is 6.87. The van der Waals surface area contributed by atoms with Gasteiger partial charge in [0.15, 0.2) is 17.3 Å². The predicted octanol–water partition coefficient (Wildman–Crippen LogP) is 2.32. The van der Waals surface area contributed by atoms with E-state index in [9.17, 15) is 23.5 Å². The lowest BCUT2D eigenvalue weighted by atomic mass is 10.1. The first-order valence-corrected chi connectivity index (χ1v) is 7.67. The number of ketones is 1. The van der Waals surface area contributed by atoms with Crippen molar-refractivity contribution >= 4 is 17.8 Å². The Labute approximate surface area is 153 Å². The van der Waals surface area contributed by atoms with Gasteiger partial charge in [-0.3, -0.25) is 4.79 Å². The van der Waals surface area contributed by atoms with E-state index in [2.05, 4.69) is 4.74 Å². The summed E-state index contributed by atoms with van der Waals surface area (Å²) in [7, 11) is 1.34. The summed E-state index contributed by atoms with van der Waals surface area (Å²) in [6.07, 6.45) is 2.55. The van der Waals surface area contributed by atoms with Crippen molar-refractivity contribution in [3.05, 3.63) is 59.7 Å². The van der Waals surface area contributed by atoms with Crippen molar-refractivity contribution in [2.24, 2.45) is 0 Å². The first-order chi connectivity index (χ1) is 12.9. The van der Waals surface area contributed by atoms with Crippen molar-refractivity contribution in [2.75, 3.05) is 13.7 Å². The van der Waals surface area contributed by atoms with Crippen LogP contribution in [0, 0.1) is 0 Å². The Morgan fingerprint density at radius 2 is 1.85 bits per heavy atom. The number of benzene rings is 2. The minimum Gasteiger partial charge on any atom is -0.546 e. The molecule has 142 valence electrons. The molecule has 6 nitrogen and oxygen atoms in total. The highest BCUT2D eigenvalue weighted by atomic mass is 19.3. The van der Waals surface area contributed by atoms with Gasteiger partial charge in [-0.1, -0.05) is 18.2 Å². The number of carboxylic acid groups (broad SMARTS) is 1. The monoisotopic (exact) mass is 377 g/mol. The van der Waals surface area contributed by atoms with Crippen molar-refractivity contribution in [1.82, 2.24) is 0 Å². The molecule has 8 heteroatoms. The molecule has 0 aliphatic heterocycles. The van der Waals surface area contributed by atoms with E-state index >= 15 is 0 Å². The van der Waals surface area contributed by atoms with Crippen molar-refractivity contribution in [3.63, 3.8) is 0 Å². The molecule has 27 heavy (non-hydrogen) atoms. The number of allylic oxidation sites excluding steroid dienone is 1. The molecular weight excluding hydrogens is 362 g/mol. The van der Waals surface area contributed by atoms with Crippen LogP contribution < -0.4 is 19.3 Å². The molecule has 2 aromatic carbocycles. The lowest BCUT2D eigenvalue weighted by molar-refractivity contribution is -0.307. The molecule has 0 unspecified atom stereocenters. The number of aliphatic carboxylic acids is 1. The summed E-state index contributed by atoms with van der Waals surface area (Å²) in [5.74, 6) is -1.58. The molecule has 2 aromatic rings. The average molecular weight is 377 g/mol. The number of hydrogen-bond donors (Lipinski definition) is 0. The molecule has 0 saturated heterocycles. The lowest BCUT2D eigenvalue weighted by Gasteiger charge is -2.11. The third kappa shape index (κ3) is 5.81. The summed E-state index contributed by atoms with van der Waals surface area (Å²) in [5, 5.41) is 10.5. The van der Waals surface area contributed by atoms with Gasteiger partial charge < -0.3 is 24.1 Å². The van der Waals surface area contributed by atoms with Crippen LogP contribution in [0.1, 0.15) is 15.9 Å². The van der Waals surface area contributed by atoms with Crippen LogP contribution in [0.2, 0.25) is 0 Å². The number of rotatable bonds is 9. The maximum absolute atomic E-state index is 12.4. The number of carboxylic acids is 1. The summed E-state index contributed by atoms with van der Waals surface area (Å²) in [4.78, 5) is 22.8. The fourth-order valence-corrected chi connectivity index (χ4v) is 2.16. The number of halogens is 2. The summed E-state index contributed by atoms with van der Waals surface area (Å²) in [6, 6.07) is 10.2. The van der Waals surface area contributed by atoms with Crippen molar-refractivity contribution < 1.29 is 37.7 Å². The third-order valence-electron chi connectivity index (χ3n) is 3.34. The van der Waals surface area contributed by atoms with E-state index < -0.39 is 25.0 Å². The molecule has 0 aliphatic rings. The number of methoxy groups -OCH3 is 1. The summed E-state index contributed by atoms with van der Waals surface area (Å²) in [5.41, 5.74) is 0.545. The Morgan fingerprint density at radius 3 is 2.52 bits per heavy atom. The maximum atomic E-state index is 12.4. The smallest absolute Gasteiger partial charge is 0.387 e. The maximum Gasteiger partial charge on any atom is 0.387 e. The van der Waals surface area contributed by atoms with Crippen molar-refractivity contribution in [3.8, 4) is 17.2 Å². The van der Waals surface area contributed by atoms with Gasteiger partial charge in [-0.15, -0.1) is 0 Å².